The van der Waals surface area contributed by atoms with E-state index in [1.54, 1.807) is 6.92 Å². The minimum atomic E-state index is -2.56. The lowest BCUT2D eigenvalue weighted by atomic mass is 9.83. The summed E-state index contributed by atoms with van der Waals surface area (Å²) < 4.78 is 19.9. The average molecular weight is 539 g/mol. The van der Waals surface area contributed by atoms with Crippen LogP contribution in [0, 0.1) is 17.8 Å². The summed E-state index contributed by atoms with van der Waals surface area (Å²) in [5.41, 5.74) is 0. The molecule has 2 aromatic carbocycles. The molecule has 0 aliphatic carbocycles. The van der Waals surface area contributed by atoms with E-state index in [9.17, 15) is 4.79 Å². The van der Waals surface area contributed by atoms with Gasteiger partial charge in [-0.2, -0.15) is 0 Å². The van der Waals surface area contributed by atoms with Gasteiger partial charge in [-0.15, -0.1) is 0 Å². The second kappa shape index (κ2) is 12.6. The first-order chi connectivity index (χ1) is 17.8. The molecule has 4 nitrogen and oxygen atoms in total. The van der Waals surface area contributed by atoms with E-state index >= 15 is 0 Å². The summed E-state index contributed by atoms with van der Waals surface area (Å²) >= 11 is 0. The maximum absolute atomic E-state index is 12.2. The van der Waals surface area contributed by atoms with Gasteiger partial charge < -0.3 is 13.9 Å². The number of ketones is 1. The molecule has 1 heterocycles. The fourth-order valence-corrected chi connectivity index (χ4v) is 10.7. The summed E-state index contributed by atoms with van der Waals surface area (Å²) in [6, 6.07) is 21.7. The Labute approximate surface area is 232 Å². The van der Waals surface area contributed by atoms with Gasteiger partial charge in [0.05, 0.1) is 12.2 Å². The Hall–Kier alpha value is -1.79. The molecule has 0 bridgehead atoms. The summed E-state index contributed by atoms with van der Waals surface area (Å²) in [4.78, 5) is 12.2. The van der Waals surface area contributed by atoms with E-state index in [-0.39, 0.29) is 34.9 Å². The molecule has 1 aliphatic heterocycles. The van der Waals surface area contributed by atoms with Gasteiger partial charge in [0.25, 0.3) is 8.32 Å². The SMILES string of the molecule is CC[C@H](CC[C@@H]1OC(C)(C)O[C@@H]([C@@H](C)C(C)=O)[C@@H]1C)CO[Si](c1ccccc1)(c1ccccc1)C(C)(C)C. The van der Waals surface area contributed by atoms with Crippen LogP contribution in [0.4, 0.5) is 0 Å². The number of hydrogen-bond acceptors (Lipinski definition) is 4. The minimum absolute atomic E-state index is 0.0353. The average Bonchev–Trinajstić information content (AvgIpc) is 2.87. The van der Waals surface area contributed by atoms with Crippen molar-refractivity contribution in [3.8, 4) is 0 Å². The molecule has 0 amide bonds. The molecule has 0 saturated carbocycles. The third kappa shape index (κ3) is 6.85. The zero-order valence-electron chi connectivity index (χ0n) is 25.1. The van der Waals surface area contributed by atoms with Crippen molar-refractivity contribution in [1.82, 2.24) is 0 Å². The molecular formula is C33H50O4Si. The molecule has 1 saturated heterocycles. The van der Waals surface area contributed by atoms with Crippen molar-refractivity contribution in [2.45, 2.75) is 105 Å². The number of carbonyl (C=O) groups is 1. The first kappa shape index (κ1) is 30.7. The third-order valence-electron chi connectivity index (χ3n) is 8.48. The molecule has 3 rings (SSSR count). The molecule has 2 aromatic rings. The topological polar surface area (TPSA) is 44.8 Å². The van der Waals surface area contributed by atoms with Crippen molar-refractivity contribution in [3.63, 3.8) is 0 Å². The largest absolute Gasteiger partial charge is 0.407 e. The second-order valence-electron chi connectivity index (χ2n) is 12.7. The Balaban J connectivity index is 1.81. The fourth-order valence-electron chi connectivity index (χ4n) is 6.07. The van der Waals surface area contributed by atoms with Crippen LogP contribution >= 0.6 is 0 Å². The highest BCUT2D eigenvalue weighted by Crippen LogP contribution is 2.39. The van der Waals surface area contributed by atoms with Crippen molar-refractivity contribution in [2.24, 2.45) is 17.8 Å². The van der Waals surface area contributed by atoms with Crippen molar-refractivity contribution < 1.29 is 18.7 Å². The van der Waals surface area contributed by atoms with Gasteiger partial charge in [-0.3, -0.25) is 4.79 Å². The molecule has 5 heteroatoms. The van der Waals surface area contributed by atoms with Crippen LogP contribution in [-0.4, -0.2) is 38.7 Å². The molecule has 210 valence electrons. The van der Waals surface area contributed by atoms with Crippen LogP contribution in [0.3, 0.4) is 0 Å². The van der Waals surface area contributed by atoms with Gasteiger partial charge in [0.1, 0.15) is 5.78 Å². The van der Waals surface area contributed by atoms with E-state index < -0.39 is 14.1 Å². The summed E-state index contributed by atoms with van der Waals surface area (Å²) in [7, 11) is -2.56. The lowest BCUT2D eigenvalue weighted by molar-refractivity contribution is -0.325. The van der Waals surface area contributed by atoms with Crippen LogP contribution in [0.1, 0.15) is 81.6 Å². The zero-order valence-corrected chi connectivity index (χ0v) is 26.1. The standard InChI is InChI=1S/C33H50O4Si/c1-10-27(21-22-30-25(3)31(24(2)26(4)34)37-33(8,9)36-30)23-35-38(32(5,6)7,28-17-13-11-14-18-28)29-19-15-12-16-20-29/h11-20,24-25,27,30-31H,10,21-23H2,1-9H3/t24-,25+,27+,30-,31-/m0/s1. The van der Waals surface area contributed by atoms with Gasteiger partial charge in [-0.25, -0.2) is 0 Å². The highest BCUT2D eigenvalue weighted by molar-refractivity contribution is 6.99. The van der Waals surface area contributed by atoms with Crippen molar-refractivity contribution >= 4 is 24.5 Å². The van der Waals surface area contributed by atoms with Crippen LogP contribution in [0.25, 0.3) is 0 Å². The predicted octanol–water partition coefficient (Wildman–Crippen LogP) is 6.75. The number of Topliss-reactive ketones (excluding diaryl/α,β-unsaturated/α-hetero) is 1. The normalized spacial score (nSPS) is 23.6. The molecule has 0 aromatic heterocycles. The molecule has 0 spiro atoms. The Morgan fingerprint density at radius 2 is 1.53 bits per heavy atom. The van der Waals surface area contributed by atoms with Gasteiger partial charge in [0.15, 0.2) is 5.79 Å². The molecule has 0 N–H and O–H groups in total. The molecule has 1 fully saturated rings. The Bertz CT molecular complexity index is 975. The van der Waals surface area contributed by atoms with Crippen molar-refractivity contribution in [2.75, 3.05) is 6.61 Å². The molecule has 1 aliphatic rings. The van der Waals surface area contributed by atoms with E-state index in [0.717, 1.165) is 25.9 Å². The fraction of sp³-hybridized carbons (Fsp3) is 0.606. The minimum Gasteiger partial charge on any atom is -0.407 e. The first-order valence-electron chi connectivity index (χ1n) is 14.4. The summed E-state index contributed by atoms with van der Waals surface area (Å²) in [5, 5.41) is 2.60. The Morgan fingerprint density at radius 3 is 1.97 bits per heavy atom. The van der Waals surface area contributed by atoms with Crippen LogP contribution in [0.2, 0.25) is 5.04 Å². The summed E-state index contributed by atoms with van der Waals surface area (Å²) in [5.74, 6) is -0.0997. The van der Waals surface area contributed by atoms with Gasteiger partial charge >= 0.3 is 0 Å². The third-order valence-corrected chi connectivity index (χ3v) is 13.5. The number of hydrogen-bond donors (Lipinski definition) is 0. The zero-order chi connectivity index (χ0) is 28.1. The van der Waals surface area contributed by atoms with Crippen LogP contribution < -0.4 is 10.4 Å². The lowest BCUT2D eigenvalue weighted by Crippen LogP contribution is -2.66. The monoisotopic (exact) mass is 538 g/mol. The van der Waals surface area contributed by atoms with E-state index in [1.165, 1.54) is 10.4 Å². The van der Waals surface area contributed by atoms with E-state index in [2.05, 4.69) is 95.3 Å². The Kier molecular flexibility index (Phi) is 10.2. The second-order valence-corrected chi connectivity index (χ2v) is 17.0. The molecular weight excluding hydrogens is 488 g/mol. The molecule has 0 unspecified atom stereocenters. The van der Waals surface area contributed by atoms with Gasteiger partial charge in [-0.1, -0.05) is 109 Å². The van der Waals surface area contributed by atoms with Crippen molar-refractivity contribution in [3.05, 3.63) is 60.7 Å². The number of ether oxygens (including phenoxy) is 2. The van der Waals surface area contributed by atoms with Crippen molar-refractivity contribution in [1.29, 1.82) is 0 Å². The lowest BCUT2D eigenvalue weighted by Gasteiger charge is -2.47. The number of benzene rings is 2. The number of rotatable bonds is 11. The maximum Gasteiger partial charge on any atom is 0.261 e. The maximum atomic E-state index is 12.2. The van der Waals surface area contributed by atoms with Crippen LogP contribution in [0.5, 0.6) is 0 Å². The van der Waals surface area contributed by atoms with E-state index in [1.807, 2.05) is 20.8 Å². The first-order valence-corrected chi connectivity index (χ1v) is 16.3. The smallest absolute Gasteiger partial charge is 0.261 e. The van der Waals surface area contributed by atoms with E-state index in [0.29, 0.717) is 5.92 Å². The predicted molar refractivity (Wildman–Crippen MR) is 159 cm³/mol. The molecule has 38 heavy (non-hydrogen) atoms. The molecule has 5 atom stereocenters. The summed E-state index contributed by atoms with van der Waals surface area (Å²) in [6.07, 6.45) is 2.91. The van der Waals surface area contributed by atoms with E-state index in [4.69, 9.17) is 13.9 Å². The Morgan fingerprint density at radius 1 is 1.00 bits per heavy atom. The van der Waals surface area contributed by atoms with Gasteiger partial charge in [-0.05, 0) is 54.9 Å². The molecule has 0 radical (unpaired) electrons. The summed E-state index contributed by atoms with van der Waals surface area (Å²) in [6.45, 7) is 19.7. The van der Waals surface area contributed by atoms with Crippen LogP contribution in [-0.2, 0) is 18.7 Å². The van der Waals surface area contributed by atoms with Crippen LogP contribution in [0.15, 0.2) is 60.7 Å². The quantitative estimate of drug-likeness (QED) is 0.297. The highest BCUT2D eigenvalue weighted by Gasteiger charge is 2.50. The van der Waals surface area contributed by atoms with Gasteiger partial charge in [0, 0.05) is 18.4 Å². The number of carbonyl (C=O) groups excluding carboxylic acids is 1. The van der Waals surface area contributed by atoms with Gasteiger partial charge in [0.2, 0.25) is 0 Å². The highest BCUT2D eigenvalue weighted by atomic mass is 28.4.